The normalized spacial score (nSPS) is 10.1. The summed E-state index contributed by atoms with van der Waals surface area (Å²) in [6, 6.07) is 0. The average Bonchev–Trinajstić information content (AvgIpc) is 2.46. The molecule has 0 spiro atoms. The standard InChI is InChI=1S/C10H15NS/c1-3-4-5-11-6-10-8-12-7-9(10)2/h3,7-8,11H,1,4-6H2,2H3. The van der Waals surface area contributed by atoms with Crippen molar-refractivity contribution in [2.75, 3.05) is 6.54 Å². The lowest BCUT2D eigenvalue weighted by molar-refractivity contribution is 0.695. The Labute approximate surface area is 78.1 Å². The molecular formula is C10H15NS. The Morgan fingerprint density at radius 2 is 2.42 bits per heavy atom. The van der Waals surface area contributed by atoms with Gasteiger partial charge in [0, 0.05) is 6.54 Å². The van der Waals surface area contributed by atoms with Crippen LogP contribution < -0.4 is 5.32 Å². The van der Waals surface area contributed by atoms with Gasteiger partial charge in [0.15, 0.2) is 0 Å². The fourth-order valence-corrected chi connectivity index (χ4v) is 1.85. The van der Waals surface area contributed by atoms with E-state index in [1.807, 2.05) is 6.08 Å². The first-order valence-electron chi connectivity index (χ1n) is 4.18. The third-order valence-electron chi connectivity index (χ3n) is 1.80. The molecule has 0 unspecified atom stereocenters. The van der Waals surface area contributed by atoms with Crippen LogP contribution in [0.4, 0.5) is 0 Å². The van der Waals surface area contributed by atoms with E-state index in [9.17, 15) is 0 Å². The summed E-state index contributed by atoms with van der Waals surface area (Å²) >= 11 is 1.77. The van der Waals surface area contributed by atoms with E-state index >= 15 is 0 Å². The second kappa shape index (κ2) is 5.12. The van der Waals surface area contributed by atoms with Crippen molar-refractivity contribution in [3.05, 3.63) is 34.5 Å². The fourth-order valence-electron chi connectivity index (χ4n) is 0.995. The molecule has 1 aromatic rings. The van der Waals surface area contributed by atoms with E-state index < -0.39 is 0 Å². The van der Waals surface area contributed by atoms with Gasteiger partial charge in [-0.2, -0.15) is 11.3 Å². The number of thiophene rings is 1. The molecule has 1 heterocycles. The lowest BCUT2D eigenvalue weighted by Gasteiger charge is -2.01. The lowest BCUT2D eigenvalue weighted by atomic mass is 10.2. The van der Waals surface area contributed by atoms with Crippen LogP contribution in [0.2, 0.25) is 0 Å². The Kier molecular flexibility index (Phi) is 4.05. The lowest BCUT2D eigenvalue weighted by Crippen LogP contribution is -2.13. The maximum absolute atomic E-state index is 3.67. The monoisotopic (exact) mass is 181 g/mol. The van der Waals surface area contributed by atoms with Gasteiger partial charge >= 0.3 is 0 Å². The molecule has 66 valence electrons. The highest BCUT2D eigenvalue weighted by Gasteiger charge is 1.96. The van der Waals surface area contributed by atoms with E-state index in [0.717, 1.165) is 19.5 Å². The maximum Gasteiger partial charge on any atom is 0.0216 e. The van der Waals surface area contributed by atoms with Gasteiger partial charge in [0.2, 0.25) is 0 Å². The quantitative estimate of drug-likeness (QED) is 0.544. The van der Waals surface area contributed by atoms with E-state index in [0.29, 0.717) is 0 Å². The molecule has 0 saturated heterocycles. The molecular weight excluding hydrogens is 166 g/mol. The molecule has 0 saturated carbocycles. The van der Waals surface area contributed by atoms with Gasteiger partial charge < -0.3 is 5.32 Å². The molecule has 0 aliphatic rings. The van der Waals surface area contributed by atoms with Crippen LogP contribution in [0.5, 0.6) is 0 Å². The minimum absolute atomic E-state index is 0.989. The van der Waals surface area contributed by atoms with Crippen LogP contribution in [0.1, 0.15) is 17.5 Å². The zero-order valence-corrected chi connectivity index (χ0v) is 8.29. The van der Waals surface area contributed by atoms with Gasteiger partial charge in [-0.05, 0) is 41.8 Å². The van der Waals surface area contributed by atoms with Crippen molar-refractivity contribution >= 4 is 11.3 Å². The maximum atomic E-state index is 3.67. The second-order valence-electron chi connectivity index (χ2n) is 2.83. The first-order valence-corrected chi connectivity index (χ1v) is 5.12. The van der Waals surface area contributed by atoms with E-state index in [4.69, 9.17) is 0 Å². The predicted molar refractivity (Wildman–Crippen MR) is 55.6 cm³/mol. The van der Waals surface area contributed by atoms with Gasteiger partial charge in [0.05, 0.1) is 0 Å². The number of rotatable bonds is 5. The SMILES string of the molecule is C=CCCNCc1cscc1C. The van der Waals surface area contributed by atoms with Gasteiger partial charge in [-0.15, -0.1) is 6.58 Å². The minimum atomic E-state index is 0.989. The molecule has 0 radical (unpaired) electrons. The van der Waals surface area contributed by atoms with Crippen molar-refractivity contribution in [2.45, 2.75) is 19.9 Å². The highest BCUT2D eigenvalue weighted by molar-refractivity contribution is 7.08. The van der Waals surface area contributed by atoms with Crippen LogP contribution in [-0.2, 0) is 6.54 Å². The summed E-state index contributed by atoms with van der Waals surface area (Å²) in [6.07, 6.45) is 2.98. The van der Waals surface area contributed by atoms with E-state index in [1.165, 1.54) is 11.1 Å². The summed E-state index contributed by atoms with van der Waals surface area (Å²) in [6.45, 7) is 7.84. The predicted octanol–water partition coefficient (Wildman–Crippen LogP) is 2.72. The molecule has 0 atom stereocenters. The first-order chi connectivity index (χ1) is 5.84. The van der Waals surface area contributed by atoms with Crippen molar-refractivity contribution in [3.8, 4) is 0 Å². The molecule has 12 heavy (non-hydrogen) atoms. The van der Waals surface area contributed by atoms with Gasteiger partial charge in [0.25, 0.3) is 0 Å². The zero-order valence-electron chi connectivity index (χ0n) is 7.47. The van der Waals surface area contributed by atoms with Crippen LogP contribution in [0, 0.1) is 6.92 Å². The molecule has 0 aromatic carbocycles. The summed E-state index contributed by atoms with van der Waals surface area (Å²) in [5.41, 5.74) is 2.81. The Bertz CT molecular complexity index is 240. The molecule has 0 aliphatic heterocycles. The molecule has 1 nitrogen and oxygen atoms in total. The Hall–Kier alpha value is -0.600. The van der Waals surface area contributed by atoms with Gasteiger partial charge in [-0.1, -0.05) is 6.08 Å². The Balaban J connectivity index is 2.24. The molecule has 0 aliphatic carbocycles. The number of aryl methyl sites for hydroxylation is 1. The largest absolute Gasteiger partial charge is 0.312 e. The van der Waals surface area contributed by atoms with Crippen LogP contribution in [0.25, 0.3) is 0 Å². The van der Waals surface area contributed by atoms with Crippen molar-refractivity contribution in [1.29, 1.82) is 0 Å². The third kappa shape index (κ3) is 2.80. The van der Waals surface area contributed by atoms with Crippen molar-refractivity contribution in [2.24, 2.45) is 0 Å². The Morgan fingerprint density at radius 3 is 3.00 bits per heavy atom. The summed E-state index contributed by atoms with van der Waals surface area (Å²) < 4.78 is 0. The van der Waals surface area contributed by atoms with Gasteiger partial charge in [-0.3, -0.25) is 0 Å². The van der Waals surface area contributed by atoms with Gasteiger partial charge in [-0.25, -0.2) is 0 Å². The molecule has 0 fully saturated rings. The molecule has 1 rings (SSSR count). The van der Waals surface area contributed by atoms with Crippen LogP contribution in [0.15, 0.2) is 23.4 Å². The number of hydrogen-bond acceptors (Lipinski definition) is 2. The summed E-state index contributed by atoms with van der Waals surface area (Å²) in [5.74, 6) is 0. The molecule has 0 bridgehead atoms. The van der Waals surface area contributed by atoms with E-state index in [1.54, 1.807) is 11.3 Å². The van der Waals surface area contributed by atoms with Gasteiger partial charge in [0.1, 0.15) is 0 Å². The number of nitrogens with one attached hydrogen (secondary N) is 1. The average molecular weight is 181 g/mol. The fraction of sp³-hybridized carbons (Fsp3) is 0.400. The highest BCUT2D eigenvalue weighted by Crippen LogP contribution is 2.12. The third-order valence-corrected chi connectivity index (χ3v) is 2.71. The van der Waals surface area contributed by atoms with E-state index in [2.05, 4.69) is 29.6 Å². The van der Waals surface area contributed by atoms with Crippen LogP contribution >= 0.6 is 11.3 Å². The van der Waals surface area contributed by atoms with Crippen LogP contribution in [-0.4, -0.2) is 6.54 Å². The molecule has 0 amide bonds. The highest BCUT2D eigenvalue weighted by atomic mass is 32.1. The summed E-state index contributed by atoms with van der Waals surface area (Å²) in [4.78, 5) is 0. The smallest absolute Gasteiger partial charge is 0.0216 e. The minimum Gasteiger partial charge on any atom is -0.312 e. The first kappa shape index (κ1) is 9.49. The Morgan fingerprint density at radius 1 is 1.58 bits per heavy atom. The van der Waals surface area contributed by atoms with Crippen LogP contribution in [0.3, 0.4) is 0 Å². The molecule has 2 heteroatoms. The topological polar surface area (TPSA) is 12.0 Å². The molecule has 1 aromatic heterocycles. The second-order valence-corrected chi connectivity index (χ2v) is 3.58. The van der Waals surface area contributed by atoms with Crippen molar-refractivity contribution < 1.29 is 0 Å². The van der Waals surface area contributed by atoms with Crippen molar-refractivity contribution in [1.82, 2.24) is 5.32 Å². The zero-order chi connectivity index (χ0) is 8.81. The molecule has 1 N–H and O–H groups in total. The number of hydrogen-bond donors (Lipinski definition) is 1. The van der Waals surface area contributed by atoms with Crippen molar-refractivity contribution in [3.63, 3.8) is 0 Å². The van der Waals surface area contributed by atoms with E-state index in [-0.39, 0.29) is 0 Å². The summed E-state index contributed by atoms with van der Waals surface area (Å²) in [5, 5.41) is 7.75. The summed E-state index contributed by atoms with van der Waals surface area (Å²) in [7, 11) is 0.